The van der Waals surface area contributed by atoms with E-state index in [1.165, 1.54) is 0 Å². The van der Waals surface area contributed by atoms with Crippen molar-refractivity contribution in [3.05, 3.63) is 130 Å². The van der Waals surface area contributed by atoms with Crippen LogP contribution in [0.1, 0.15) is 43.3 Å². The summed E-state index contributed by atoms with van der Waals surface area (Å²) in [4.78, 5) is 29.2. The highest BCUT2D eigenvalue weighted by atomic mass is 16.3. The maximum absolute atomic E-state index is 13.7. The smallest absolute Gasteiger partial charge is 0.191 e. The van der Waals surface area contributed by atoms with Gasteiger partial charge < -0.3 is 10.0 Å². The summed E-state index contributed by atoms with van der Waals surface area (Å²) in [5.74, 6) is -0.771. The van der Waals surface area contributed by atoms with Crippen LogP contribution in [0, 0.1) is 13.8 Å². The first-order valence-corrected chi connectivity index (χ1v) is 11.1. The van der Waals surface area contributed by atoms with Crippen LogP contribution >= 0.6 is 0 Å². The maximum atomic E-state index is 13.7. The number of nitrogens with zero attached hydrogens (tertiary/aromatic N) is 1. The average molecular weight is 438 g/mol. The van der Waals surface area contributed by atoms with Crippen molar-refractivity contribution >= 4 is 11.6 Å². The topological polar surface area (TPSA) is 57.6 Å². The highest BCUT2D eigenvalue weighted by Gasteiger charge is 2.35. The molecule has 1 heterocycles. The van der Waals surface area contributed by atoms with E-state index < -0.39 is 5.92 Å². The van der Waals surface area contributed by atoms with Crippen molar-refractivity contribution in [2.45, 2.75) is 19.8 Å². The minimum absolute atomic E-state index is 0.0965. The maximum Gasteiger partial charge on any atom is 0.191 e. The minimum Gasteiger partial charge on any atom is -0.395 e. The molecular weight excluding hydrogens is 410 g/mol. The summed E-state index contributed by atoms with van der Waals surface area (Å²) in [6.07, 6.45) is 3.56. The van der Waals surface area contributed by atoms with Crippen molar-refractivity contribution in [1.29, 1.82) is 0 Å². The predicted molar refractivity (Wildman–Crippen MR) is 130 cm³/mol. The zero-order valence-corrected chi connectivity index (χ0v) is 18.9. The molecule has 0 aliphatic carbocycles. The Hall–Kier alpha value is -3.76. The number of β-amino-alcohol motifs (C(OH)–C–C–N with tert-alkyl or cyclic N) is 1. The number of aryl methyl sites for hydroxylation is 2. The number of carbonyl (C=O) groups is 2. The third kappa shape index (κ3) is 4.71. The minimum atomic E-state index is -0.514. The van der Waals surface area contributed by atoms with E-state index in [9.17, 15) is 14.7 Å². The Labute approximate surface area is 194 Å². The lowest BCUT2D eigenvalue weighted by molar-refractivity contribution is 0.101. The van der Waals surface area contributed by atoms with E-state index in [4.69, 9.17) is 0 Å². The molecule has 0 bridgehead atoms. The van der Waals surface area contributed by atoms with Gasteiger partial charge in [0.2, 0.25) is 0 Å². The fourth-order valence-electron chi connectivity index (χ4n) is 4.25. The molecule has 0 amide bonds. The number of allylic oxidation sites excluding steroid dienone is 2. The van der Waals surface area contributed by atoms with Crippen LogP contribution in [0.25, 0.3) is 0 Å². The molecular formula is C29H27NO3. The van der Waals surface area contributed by atoms with Gasteiger partial charge in [0.15, 0.2) is 11.6 Å². The third-order valence-corrected chi connectivity index (χ3v) is 5.93. The first kappa shape index (κ1) is 22.4. The average Bonchev–Trinajstić information content (AvgIpc) is 2.85. The highest BCUT2D eigenvalue weighted by molar-refractivity contribution is 6.15. The Balaban J connectivity index is 1.91. The molecule has 0 fully saturated rings. The molecule has 166 valence electrons. The molecule has 0 spiro atoms. The zero-order valence-electron chi connectivity index (χ0n) is 18.9. The van der Waals surface area contributed by atoms with E-state index in [2.05, 4.69) is 6.07 Å². The third-order valence-electron chi connectivity index (χ3n) is 5.93. The lowest BCUT2D eigenvalue weighted by atomic mass is 9.76. The molecule has 0 saturated heterocycles. The second kappa shape index (κ2) is 9.80. The van der Waals surface area contributed by atoms with Crippen LogP contribution < -0.4 is 0 Å². The van der Waals surface area contributed by atoms with Gasteiger partial charge in [-0.2, -0.15) is 0 Å². The van der Waals surface area contributed by atoms with Crippen LogP contribution in [-0.2, 0) is 0 Å². The van der Waals surface area contributed by atoms with Crippen molar-refractivity contribution in [1.82, 2.24) is 4.90 Å². The summed E-state index contributed by atoms with van der Waals surface area (Å²) in [6.45, 7) is 4.20. The first-order chi connectivity index (χ1) is 16.0. The SMILES string of the molecule is Cc1ccc(C)c(C2C(C(=O)c3ccccc3)=CN(CCO)C=C2C(=O)c2ccccc2)c1. The number of carbonyl (C=O) groups excluding carboxylic acids is 2. The van der Waals surface area contributed by atoms with Gasteiger partial charge in [-0.3, -0.25) is 9.59 Å². The Bertz CT molecular complexity index is 1160. The van der Waals surface area contributed by atoms with Gasteiger partial charge in [0.05, 0.1) is 6.61 Å². The van der Waals surface area contributed by atoms with Crippen LogP contribution in [0.4, 0.5) is 0 Å². The van der Waals surface area contributed by atoms with E-state index in [-0.39, 0.29) is 24.7 Å². The molecule has 0 unspecified atom stereocenters. The molecule has 4 rings (SSSR count). The number of ketones is 2. The quantitative estimate of drug-likeness (QED) is 0.515. The van der Waals surface area contributed by atoms with Crippen LogP contribution in [0.15, 0.2) is 102 Å². The lowest BCUT2D eigenvalue weighted by Crippen LogP contribution is -2.29. The van der Waals surface area contributed by atoms with Crippen molar-refractivity contribution in [3.63, 3.8) is 0 Å². The van der Waals surface area contributed by atoms with E-state index >= 15 is 0 Å². The van der Waals surface area contributed by atoms with Crippen LogP contribution in [-0.4, -0.2) is 34.7 Å². The van der Waals surface area contributed by atoms with Crippen molar-refractivity contribution in [2.24, 2.45) is 0 Å². The van der Waals surface area contributed by atoms with Gasteiger partial charge in [-0.25, -0.2) is 0 Å². The van der Waals surface area contributed by atoms with Gasteiger partial charge in [-0.15, -0.1) is 0 Å². The van der Waals surface area contributed by atoms with Gasteiger partial charge in [0.25, 0.3) is 0 Å². The highest BCUT2D eigenvalue weighted by Crippen LogP contribution is 2.40. The van der Waals surface area contributed by atoms with E-state index in [1.54, 1.807) is 41.6 Å². The number of Topliss-reactive ketones (excluding diaryl/α,β-unsaturated/α-hetero) is 2. The molecule has 4 nitrogen and oxygen atoms in total. The molecule has 3 aromatic carbocycles. The monoisotopic (exact) mass is 437 g/mol. The number of rotatable bonds is 7. The summed E-state index contributed by atoms with van der Waals surface area (Å²) in [5, 5.41) is 9.60. The van der Waals surface area contributed by atoms with Crippen molar-refractivity contribution < 1.29 is 14.7 Å². The lowest BCUT2D eigenvalue weighted by Gasteiger charge is -2.32. The molecule has 3 aromatic rings. The standard InChI is InChI=1S/C29H27NO3/c1-20-13-14-21(2)24(17-20)27-25(28(32)22-9-5-3-6-10-22)18-30(15-16-31)19-26(27)29(33)23-11-7-4-8-12-23/h3-14,17-19,27,31H,15-16H2,1-2H3. The predicted octanol–water partition coefficient (Wildman–Crippen LogP) is 5.23. The Kier molecular flexibility index (Phi) is 6.66. The van der Waals surface area contributed by atoms with Crippen molar-refractivity contribution in [2.75, 3.05) is 13.2 Å². The van der Waals surface area contributed by atoms with E-state index in [1.807, 2.05) is 62.4 Å². The molecule has 1 N–H and O–H groups in total. The first-order valence-electron chi connectivity index (χ1n) is 11.1. The van der Waals surface area contributed by atoms with Crippen LogP contribution in [0.3, 0.4) is 0 Å². The molecule has 1 aliphatic rings. The van der Waals surface area contributed by atoms with Crippen LogP contribution in [0.2, 0.25) is 0 Å². The van der Waals surface area contributed by atoms with Gasteiger partial charge in [-0.1, -0.05) is 84.4 Å². The van der Waals surface area contributed by atoms with Gasteiger partial charge in [0, 0.05) is 47.1 Å². The molecule has 0 saturated carbocycles. The number of benzene rings is 3. The summed E-state index contributed by atoms with van der Waals surface area (Å²) in [5.41, 5.74) is 5.18. The summed E-state index contributed by atoms with van der Waals surface area (Å²) < 4.78 is 0. The Morgan fingerprint density at radius 2 is 1.30 bits per heavy atom. The Morgan fingerprint density at radius 3 is 1.79 bits per heavy atom. The Morgan fingerprint density at radius 1 is 0.788 bits per heavy atom. The molecule has 1 aliphatic heterocycles. The van der Waals surface area contributed by atoms with Gasteiger partial charge in [0.1, 0.15) is 0 Å². The van der Waals surface area contributed by atoms with E-state index in [0.29, 0.717) is 22.3 Å². The van der Waals surface area contributed by atoms with Crippen LogP contribution in [0.5, 0.6) is 0 Å². The largest absolute Gasteiger partial charge is 0.395 e. The number of hydrogen-bond acceptors (Lipinski definition) is 4. The molecule has 33 heavy (non-hydrogen) atoms. The summed E-state index contributed by atoms with van der Waals surface area (Å²) >= 11 is 0. The number of aliphatic hydroxyl groups excluding tert-OH is 1. The zero-order chi connectivity index (χ0) is 23.4. The molecule has 0 atom stereocenters. The fraction of sp³-hybridized carbons (Fsp3) is 0.172. The summed E-state index contributed by atoms with van der Waals surface area (Å²) in [6, 6.07) is 24.3. The molecule has 0 aromatic heterocycles. The van der Waals surface area contributed by atoms with Crippen molar-refractivity contribution in [3.8, 4) is 0 Å². The second-order valence-electron chi connectivity index (χ2n) is 8.31. The fourth-order valence-corrected chi connectivity index (χ4v) is 4.25. The number of hydrogen-bond donors (Lipinski definition) is 1. The number of aliphatic hydroxyl groups is 1. The molecule has 0 radical (unpaired) electrons. The van der Waals surface area contributed by atoms with Gasteiger partial charge in [-0.05, 0) is 25.0 Å². The van der Waals surface area contributed by atoms with E-state index in [0.717, 1.165) is 16.7 Å². The molecule has 4 heteroatoms. The summed E-state index contributed by atoms with van der Waals surface area (Å²) in [7, 11) is 0. The van der Waals surface area contributed by atoms with Gasteiger partial charge >= 0.3 is 0 Å². The normalized spacial score (nSPS) is 14.0. The second-order valence-corrected chi connectivity index (χ2v) is 8.31.